The van der Waals surface area contributed by atoms with Crippen molar-refractivity contribution in [3.63, 3.8) is 0 Å². The Morgan fingerprint density at radius 2 is 2.04 bits per heavy atom. The minimum absolute atomic E-state index is 0.00854. The molecule has 7 nitrogen and oxygen atoms in total. The van der Waals surface area contributed by atoms with Crippen molar-refractivity contribution in [1.29, 1.82) is 0 Å². The molecular formula is C18H17N5O2S. The molecule has 0 atom stereocenters. The highest BCUT2D eigenvalue weighted by atomic mass is 32.1. The number of fused-ring (bicyclic) bond motifs is 1. The Kier molecular flexibility index (Phi) is 4.51. The Morgan fingerprint density at radius 1 is 1.19 bits per heavy atom. The van der Waals surface area contributed by atoms with E-state index in [9.17, 15) is 0 Å². The summed E-state index contributed by atoms with van der Waals surface area (Å²) in [6.45, 7) is 0.397. The molecule has 0 saturated heterocycles. The van der Waals surface area contributed by atoms with Crippen molar-refractivity contribution >= 4 is 28.3 Å². The topological polar surface area (TPSA) is 85.1 Å². The average Bonchev–Trinajstić information content (AvgIpc) is 3.35. The van der Waals surface area contributed by atoms with Crippen LogP contribution >= 0.6 is 11.3 Å². The van der Waals surface area contributed by atoms with E-state index >= 15 is 0 Å². The van der Waals surface area contributed by atoms with Crippen LogP contribution in [0.3, 0.4) is 0 Å². The summed E-state index contributed by atoms with van der Waals surface area (Å²) in [4.78, 5) is 13.8. The summed E-state index contributed by atoms with van der Waals surface area (Å²) in [6, 6.07) is 9.60. The molecule has 0 fully saturated rings. The number of hydrogen-bond donors (Lipinski definition) is 2. The second-order valence-electron chi connectivity index (χ2n) is 5.54. The molecule has 0 saturated carbocycles. The van der Waals surface area contributed by atoms with E-state index in [1.807, 2.05) is 45.7 Å². The Bertz CT molecular complexity index is 1010. The van der Waals surface area contributed by atoms with E-state index in [0.717, 1.165) is 17.0 Å². The molecule has 132 valence electrons. The number of nitrogens with zero attached hydrogens (tertiary/aromatic N) is 4. The van der Waals surface area contributed by atoms with Gasteiger partial charge in [0, 0.05) is 17.5 Å². The Balaban J connectivity index is 1.87. The summed E-state index contributed by atoms with van der Waals surface area (Å²) in [6.07, 6.45) is 1.74. The minimum Gasteiger partial charge on any atom is -0.497 e. The maximum atomic E-state index is 9.16. The van der Waals surface area contributed by atoms with Crippen molar-refractivity contribution in [1.82, 2.24) is 19.5 Å². The van der Waals surface area contributed by atoms with Crippen LogP contribution in [0.25, 0.3) is 28.2 Å². The largest absolute Gasteiger partial charge is 0.497 e. The van der Waals surface area contributed by atoms with Gasteiger partial charge in [0.15, 0.2) is 22.8 Å². The third kappa shape index (κ3) is 3.00. The lowest BCUT2D eigenvalue weighted by molar-refractivity contribution is 0.311. The highest BCUT2D eigenvalue weighted by Gasteiger charge is 2.15. The van der Waals surface area contributed by atoms with Gasteiger partial charge in [-0.2, -0.15) is 11.3 Å². The molecule has 0 aliphatic rings. The third-order valence-electron chi connectivity index (χ3n) is 3.93. The molecular weight excluding hydrogens is 350 g/mol. The van der Waals surface area contributed by atoms with Crippen LogP contribution in [-0.4, -0.2) is 44.9 Å². The molecule has 0 spiro atoms. The molecule has 26 heavy (non-hydrogen) atoms. The zero-order valence-corrected chi connectivity index (χ0v) is 14.9. The summed E-state index contributed by atoms with van der Waals surface area (Å²) in [5, 5.41) is 16.3. The monoisotopic (exact) mass is 367 g/mol. The Morgan fingerprint density at radius 3 is 2.73 bits per heavy atom. The molecule has 0 amide bonds. The van der Waals surface area contributed by atoms with Crippen molar-refractivity contribution < 1.29 is 9.84 Å². The van der Waals surface area contributed by atoms with Gasteiger partial charge in [-0.25, -0.2) is 15.0 Å². The number of methoxy groups -OCH3 is 1. The highest BCUT2D eigenvalue weighted by molar-refractivity contribution is 7.08. The Labute approximate surface area is 153 Å². The van der Waals surface area contributed by atoms with E-state index in [0.29, 0.717) is 29.4 Å². The number of imidazole rings is 1. The van der Waals surface area contributed by atoms with Gasteiger partial charge in [-0.1, -0.05) is 0 Å². The van der Waals surface area contributed by atoms with Crippen LogP contribution < -0.4 is 10.1 Å². The van der Waals surface area contributed by atoms with E-state index in [4.69, 9.17) is 14.8 Å². The van der Waals surface area contributed by atoms with Crippen LogP contribution in [0.4, 0.5) is 5.82 Å². The third-order valence-corrected chi connectivity index (χ3v) is 4.60. The first-order chi connectivity index (χ1) is 12.8. The lowest BCUT2D eigenvalue weighted by Gasteiger charge is -2.09. The number of thiophene rings is 1. The Hall–Kier alpha value is -2.97. The van der Waals surface area contributed by atoms with Gasteiger partial charge in [0.05, 0.1) is 19.4 Å². The fraction of sp³-hybridized carbons (Fsp3) is 0.167. The second kappa shape index (κ2) is 7.11. The van der Waals surface area contributed by atoms with Gasteiger partial charge < -0.3 is 15.2 Å². The number of nitrogens with one attached hydrogen (secondary N) is 1. The van der Waals surface area contributed by atoms with Gasteiger partial charge in [0.25, 0.3) is 0 Å². The standard InChI is InChI=1S/C18H17N5O2S/c1-25-14-4-2-12(3-5-14)16-21-17(19-7-8-24)15-18(22-16)23(11-20-15)13-6-9-26-10-13/h2-6,9-11,24H,7-8H2,1H3,(H,19,21,22). The molecule has 3 aromatic heterocycles. The van der Waals surface area contributed by atoms with Gasteiger partial charge in [-0.15, -0.1) is 0 Å². The highest BCUT2D eigenvalue weighted by Crippen LogP contribution is 2.27. The fourth-order valence-electron chi connectivity index (χ4n) is 2.65. The number of ether oxygens (including phenoxy) is 1. The van der Waals surface area contributed by atoms with Gasteiger partial charge >= 0.3 is 0 Å². The van der Waals surface area contributed by atoms with Crippen molar-refractivity contribution in [3.05, 3.63) is 47.4 Å². The lowest BCUT2D eigenvalue weighted by atomic mass is 10.2. The molecule has 3 heterocycles. The molecule has 0 aliphatic heterocycles. The van der Waals surface area contributed by atoms with Crippen molar-refractivity contribution in [2.75, 3.05) is 25.6 Å². The smallest absolute Gasteiger partial charge is 0.170 e. The quantitative estimate of drug-likeness (QED) is 0.545. The van der Waals surface area contributed by atoms with Crippen LogP contribution in [-0.2, 0) is 0 Å². The van der Waals surface area contributed by atoms with E-state index in [1.54, 1.807) is 24.8 Å². The van der Waals surface area contributed by atoms with E-state index in [2.05, 4.69) is 15.3 Å². The van der Waals surface area contributed by atoms with Crippen LogP contribution in [0, 0.1) is 0 Å². The molecule has 4 rings (SSSR count). The van der Waals surface area contributed by atoms with Crippen LogP contribution in [0.5, 0.6) is 5.75 Å². The van der Waals surface area contributed by atoms with Crippen LogP contribution in [0.2, 0.25) is 0 Å². The van der Waals surface area contributed by atoms with Crippen LogP contribution in [0.1, 0.15) is 0 Å². The van der Waals surface area contributed by atoms with Crippen molar-refractivity contribution in [2.45, 2.75) is 0 Å². The van der Waals surface area contributed by atoms with Gasteiger partial charge in [-0.05, 0) is 35.7 Å². The summed E-state index contributed by atoms with van der Waals surface area (Å²) in [5.41, 5.74) is 3.26. The SMILES string of the molecule is COc1ccc(-c2nc(NCCO)c3ncn(-c4ccsc4)c3n2)cc1. The molecule has 0 aliphatic carbocycles. The summed E-state index contributed by atoms with van der Waals surface area (Å²) in [5.74, 6) is 1.96. The zero-order valence-electron chi connectivity index (χ0n) is 14.1. The number of hydrogen-bond acceptors (Lipinski definition) is 7. The molecule has 1 aromatic carbocycles. The number of rotatable bonds is 6. The van der Waals surface area contributed by atoms with Gasteiger partial charge in [0.2, 0.25) is 0 Å². The minimum atomic E-state index is 0.00854. The predicted octanol–water partition coefficient (Wildman–Crippen LogP) is 2.96. The number of aliphatic hydroxyl groups excluding tert-OH is 1. The average molecular weight is 367 g/mol. The predicted molar refractivity (Wildman–Crippen MR) is 102 cm³/mol. The maximum absolute atomic E-state index is 9.16. The molecule has 0 radical (unpaired) electrons. The first-order valence-electron chi connectivity index (χ1n) is 8.07. The maximum Gasteiger partial charge on any atom is 0.170 e. The van der Waals surface area contributed by atoms with E-state index in [1.165, 1.54) is 0 Å². The number of anilines is 1. The van der Waals surface area contributed by atoms with E-state index < -0.39 is 0 Å². The lowest BCUT2D eigenvalue weighted by Crippen LogP contribution is -2.09. The van der Waals surface area contributed by atoms with E-state index in [-0.39, 0.29) is 6.61 Å². The molecule has 0 unspecified atom stereocenters. The van der Waals surface area contributed by atoms with Crippen molar-refractivity contribution in [3.8, 4) is 22.8 Å². The van der Waals surface area contributed by atoms with Gasteiger partial charge in [0.1, 0.15) is 12.1 Å². The number of benzene rings is 1. The first kappa shape index (κ1) is 16.5. The molecule has 8 heteroatoms. The molecule has 2 N–H and O–H groups in total. The zero-order chi connectivity index (χ0) is 17.9. The fourth-order valence-corrected chi connectivity index (χ4v) is 3.28. The summed E-state index contributed by atoms with van der Waals surface area (Å²) >= 11 is 1.61. The first-order valence-corrected chi connectivity index (χ1v) is 9.01. The van der Waals surface area contributed by atoms with Gasteiger partial charge in [-0.3, -0.25) is 4.57 Å². The number of aliphatic hydroxyl groups is 1. The number of aromatic nitrogens is 4. The van der Waals surface area contributed by atoms with Crippen molar-refractivity contribution in [2.24, 2.45) is 0 Å². The molecule has 4 aromatic rings. The summed E-state index contributed by atoms with van der Waals surface area (Å²) in [7, 11) is 1.63. The van der Waals surface area contributed by atoms with Crippen LogP contribution in [0.15, 0.2) is 47.4 Å². The molecule has 0 bridgehead atoms. The normalized spacial score (nSPS) is 11.0. The summed E-state index contributed by atoms with van der Waals surface area (Å²) < 4.78 is 7.15. The second-order valence-corrected chi connectivity index (χ2v) is 6.32.